The van der Waals surface area contributed by atoms with Crippen molar-refractivity contribution in [1.29, 1.82) is 0 Å². The predicted octanol–water partition coefficient (Wildman–Crippen LogP) is 3.25. The molecule has 5 heteroatoms. The van der Waals surface area contributed by atoms with Gasteiger partial charge in [-0.2, -0.15) is 0 Å². The molecule has 1 aromatic carbocycles. The third-order valence-corrected chi connectivity index (χ3v) is 4.37. The Morgan fingerprint density at radius 3 is 2.41 bits per heavy atom. The minimum Gasteiger partial charge on any atom is -0.395 e. The van der Waals surface area contributed by atoms with Crippen LogP contribution < -0.4 is 10.6 Å². The van der Waals surface area contributed by atoms with E-state index in [2.05, 4.69) is 48.7 Å². The fourth-order valence-corrected chi connectivity index (χ4v) is 3.00. The Bertz CT molecular complexity index is 579. The van der Waals surface area contributed by atoms with Crippen LogP contribution in [0, 0.1) is 0 Å². The van der Waals surface area contributed by atoms with Crippen molar-refractivity contribution in [2.75, 3.05) is 13.2 Å². The molecule has 0 aliphatic carbocycles. The molecule has 1 heterocycles. The SMILES string of the molecule is CC(C)c1ccc(C(NC(=O)NCCO)c2cccs2)cc1. The van der Waals surface area contributed by atoms with Gasteiger partial charge >= 0.3 is 6.03 Å². The van der Waals surface area contributed by atoms with E-state index in [0.717, 1.165) is 10.4 Å². The minimum absolute atomic E-state index is 0.0693. The van der Waals surface area contributed by atoms with Gasteiger partial charge in [0.25, 0.3) is 0 Å². The molecule has 0 aliphatic heterocycles. The molecule has 2 amide bonds. The lowest BCUT2D eigenvalue weighted by Gasteiger charge is -2.19. The van der Waals surface area contributed by atoms with Crippen LogP contribution in [0.5, 0.6) is 0 Å². The number of urea groups is 1. The first-order valence-electron chi connectivity index (χ1n) is 7.40. The second-order valence-electron chi connectivity index (χ2n) is 5.39. The Morgan fingerprint density at radius 1 is 1.18 bits per heavy atom. The van der Waals surface area contributed by atoms with E-state index in [0.29, 0.717) is 5.92 Å². The largest absolute Gasteiger partial charge is 0.395 e. The van der Waals surface area contributed by atoms with Crippen LogP contribution in [0.3, 0.4) is 0 Å². The highest BCUT2D eigenvalue weighted by Gasteiger charge is 2.17. The first kappa shape index (κ1) is 16.5. The lowest BCUT2D eigenvalue weighted by atomic mass is 9.98. The topological polar surface area (TPSA) is 61.4 Å². The Labute approximate surface area is 135 Å². The van der Waals surface area contributed by atoms with Gasteiger partial charge < -0.3 is 15.7 Å². The average Bonchev–Trinajstić information content (AvgIpc) is 3.05. The second-order valence-corrected chi connectivity index (χ2v) is 6.37. The summed E-state index contributed by atoms with van der Waals surface area (Å²) in [4.78, 5) is 13.0. The number of nitrogens with one attached hydrogen (secondary N) is 2. The Kier molecular flexibility index (Phi) is 5.98. The number of rotatable bonds is 6. The van der Waals surface area contributed by atoms with E-state index >= 15 is 0 Å². The Morgan fingerprint density at radius 2 is 1.86 bits per heavy atom. The highest BCUT2D eigenvalue weighted by Crippen LogP contribution is 2.27. The van der Waals surface area contributed by atoms with E-state index in [-0.39, 0.29) is 25.2 Å². The summed E-state index contributed by atoms with van der Waals surface area (Å²) < 4.78 is 0. The van der Waals surface area contributed by atoms with Crippen molar-refractivity contribution in [3.8, 4) is 0 Å². The lowest BCUT2D eigenvalue weighted by molar-refractivity contribution is 0.232. The summed E-state index contributed by atoms with van der Waals surface area (Å²) in [5.41, 5.74) is 2.32. The predicted molar refractivity (Wildman–Crippen MR) is 90.3 cm³/mol. The normalized spacial score (nSPS) is 12.2. The van der Waals surface area contributed by atoms with E-state index in [1.54, 1.807) is 11.3 Å². The van der Waals surface area contributed by atoms with Crippen LogP contribution in [0.2, 0.25) is 0 Å². The number of aliphatic hydroxyl groups is 1. The number of carbonyl (C=O) groups excluding carboxylic acids is 1. The van der Waals surface area contributed by atoms with Crippen molar-refractivity contribution in [3.63, 3.8) is 0 Å². The number of carbonyl (C=O) groups is 1. The molecular weight excluding hydrogens is 296 g/mol. The molecule has 1 aromatic heterocycles. The van der Waals surface area contributed by atoms with Crippen LogP contribution in [0.15, 0.2) is 41.8 Å². The fourth-order valence-electron chi connectivity index (χ4n) is 2.20. The van der Waals surface area contributed by atoms with Gasteiger partial charge in [-0.15, -0.1) is 11.3 Å². The summed E-state index contributed by atoms with van der Waals surface area (Å²) in [5.74, 6) is 0.482. The van der Waals surface area contributed by atoms with E-state index in [1.807, 2.05) is 17.5 Å². The van der Waals surface area contributed by atoms with E-state index in [1.165, 1.54) is 5.56 Å². The van der Waals surface area contributed by atoms with Crippen molar-refractivity contribution in [2.45, 2.75) is 25.8 Å². The second kappa shape index (κ2) is 7.96. The third kappa shape index (κ3) is 4.32. The molecule has 2 rings (SSSR count). The van der Waals surface area contributed by atoms with Crippen LogP contribution in [-0.2, 0) is 0 Å². The quantitative estimate of drug-likeness (QED) is 0.765. The van der Waals surface area contributed by atoms with Gasteiger partial charge in [0.05, 0.1) is 12.6 Å². The highest BCUT2D eigenvalue weighted by molar-refractivity contribution is 7.10. The molecule has 1 unspecified atom stereocenters. The maximum atomic E-state index is 11.9. The Hall–Kier alpha value is -1.85. The van der Waals surface area contributed by atoms with Crippen molar-refractivity contribution >= 4 is 17.4 Å². The molecule has 1 atom stereocenters. The number of amides is 2. The zero-order valence-electron chi connectivity index (χ0n) is 12.9. The molecule has 3 N–H and O–H groups in total. The smallest absolute Gasteiger partial charge is 0.315 e. The molecule has 22 heavy (non-hydrogen) atoms. The van der Waals surface area contributed by atoms with Crippen molar-refractivity contribution < 1.29 is 9.90 Å². The van der Waals surface area contributed by atoms with E-state index < -0.39 is 0 Å². The van der Waals surface area contributed by atoms with E-state index in [9.17, 15) is 4.79 Å². The first-order chi connectivity index (χ1) is 10.6. The molecule has 2 aromatic rings. The molecule has 0 fully saturated rings. The van der Waals surface area contributed by atoms with Crippen LogP contribution in [0.4, 0.5) is 4.79 Å². The summed E-state index contributed by atoms with van der Waals surface area (Å²) in [5, 5.41) is 16.4. The standard InChI is InChI=1S/C17H22N2O2S/c1-12(2)13-5-7-14(8-6-13)16(15-4-3-11-22-15)19-17(21)18-9-10-20/h3-8,11-12,16,20H,9-10H2,1-2H3,(H2,18,19,21). The Balaban J connectivity index is 2.19. The molecule has 0 saturated heterocycles. The summed E-state index contributed by atoms with van der Waals surface area (Å²) in [6, 6.07) is 11.9. The summed E-state index contributed by atoms with van der Waals surface area (Å²) in [7, 11) is 0. The van der Waals surface area contributed by atoms with E-state index in [4.69, 9.17) is 5.11 Å². The molecular formula is C17H22N2O2S. The van der Waals surface area contributed by atoms with Crippen molar-refractivity contribution in [3.05, 3.63) is 57.8 Å². The van der Waals surface area contributed by atoms with Gasteiger partial charge in [0.15, 0.2) is 0 Å². The molecule has 0 saturated carbocycles. The molecule has 0 aliphatic rings. The summed E-state index contributed by atoms with van der Waals surface area (Å²) in [6.07, 6.45) is 0. The number of hydrogen-bond acceptors (Lipinski definition) is 3. The van der Waals surface area contributed by atoms with Crippen LogP contribution in [-0.4, -0.2) is 24.3 Å². The number of hydrogen-bond donors (Lipinski definition) is 3. The fraction of sp³-hybridized carbons (Fsp3) is 0.353. The van der Waals surface area contributed by atoms with Gasteiger partial charge in [0, 0.05) is 11.4 Å². The maximum absolute atomic E-state index is 11.9. The monoisotopic (exact) mass is 318 g/mol. The van der Waals surface area contributed by atoms with Crippen LogP contribution in [0.25, 0.3) is 0 Å². The van der Waals surface area contributed by atoms with Crippen molar-refractivity contribution in [2.24, 2.45) is 0 Å². The van der Waals surface area contributed by atoms with Gasteiger partial charge in [-0.1, -0.05) is 44.2 Å². The maximum Gasteiger partial charge on any atom is 0.315 e. The zero-order valence-corrected chi connectivity index (χ0v) is 13.7. The average molecular weight is 318 g/mol. The number of aliphatic hydroxyl groups excluding tert-OH is 1. The van der Waals surface area contributed by atoms with Crippen molar-refractivity contribution in [1.82, 2.24) is 10.6 Å². The van der Waals surface area contributed by atoms with Gasteiger partial charge in [0.2, 0.25) is 0 Å². The highest BCUT2D eigenvalue weighted by atomic mass is 32.1. The number of benzene rings is 1. The van der Waals surface area contributed by atoms with Crippen LogP contribution in [0.1, 0.15) is 41.8 Å². The molecule has 4 nitrogen and oxygen atoms in total. The minimum atomic E-state index is -0.277. The van der Waals surface area contributed by atoms with Gasteiger partial charge in [-0.05, 0) is 28.5 Å². The first-order valence-corrected chi connectivity index (χ1v) is 8.28. The molecule has 0 bridgehead atoms. The lowest BCUT2D eigenvalue weighted by Crippen LogP contribution is -2.39. The summed E-state index contributed by atoms with van der Waals surface area (Å²) in [6.45, 7) is 4.49. The summed E-state index contributed by atoms with van der Waals surface area (Å²) >= 11 is 1.61. The van der Waals surface area contributed by atoms with Gasteiger partial charge in [-0.25, -0.2) is 4.79 Å². The molecule has 118 valence electrons. The van der Waals surface area contributed by atoms with Gasteiger partial charge in [0.1, 0.15) is 0 Å². The molecule has 0 spiro atoms. The van der Waals surface area contributed by atoms with Crippen LogP contribution >= 0.6 is 11.3 Å². The number of thiophene rings is 1. The van der Waals surface area contributed by atoms with Gasteiger partial charge in [-0.3, -0.25) is 0 Å². The zero-order chi connectivity index (χ0) is 15.9. The third-order valence-electron chi connectivity index (χ3n) is 3.44. The molecule has 0 radical (unpaired) electrons.